The molecule has 0 bridgehead atoms. The fourth-order valence-corrected chi connectivity index (χ4v) is 7.24. The number of nitrogens with zero attached hydrogens (tertiary/aromatic N) is 6. The predicted molar refractivity (Wildman–Crippen MR) is 158 cm³/mol. The minimum atomic E-state index is -3.68. The summed E-state index contributed by atoms with van der Waals surface area (Å²) >= 11 is 5.94. The van der Waals surface area contributed by atoms with Crippen LogP contribution in [0.4, 0.5) is 0 Å². The Hall–Kier alpha value is -3.32. The van der Waals surface area contributed by atoms with Gasteiger partial charge in [-0.1, -0.05) is 54.5 Å². The van der Waals surface area contributed by atoms with Crippen molar-refractivity contribution >= 4 is 22.2 Å². The molecule has 3 heterocycles. The summed E-state index contributed by atoms with van der Waals surface area (Å²) in [6.07, 6.45) is 0.971. The molecule has 0 amide bonds. The summed E-state index contributed by atoms with van der Waals surface area (Å²) in [5, 5.41) is 8.71. The SMILES string of the molecule is CCc1ccc(OCc2nn(CN3CCN(S(=O)(=O)c4c(C)noc4C)CC3)c(=S)n2[C@@H](C)c2ccccc2)cc1. The summed E-state index contributed by atoms with van der Waals surface area (Å²) < 4.78 is 43.7. The maximum Gasteiger partial charge on any atom is 0.248 e. The minimum Gasteiger partial charge on any atom is -0.486 e. The summed E-state index contributed by atoms with van der Waals surface area (Å²) in [7, 11) is -3.68. The molecule has 5 rings (SSSR count). The molecule has 0 spiro atoms. The van der Waals surface area contributed by atoms with E-state index in [4.69, 9.17) is 26.6 Å². The number of hydrogen-bond donors (Lipinski definition) is 0. The second kappa shape index (κ2) is 12.3. The highest BCUT2D eigenvalue weighted by atomic mass is 32.2. The Bertz CT molecular complexity index is 1620. The van der Waals surface area contributed by atoms with Crippen LogP contribution in [0.2, 0.25) is 0 Å². The molecule has 2 aromatic heterocycles. The first kappa shape index (κ1) is 29.2. The number of sulfonamides is 1. The number of hydrogen-bond acceptors (Lipinski definition) is 8. The highest BCUT2D eigenvalue weighted by Gasteiger charge is 2.33. The van der Waals surface area contributed by atoms with Crippen LogP contribution in [0.5, 0.6) is 5.75 Å². The van der Waals surface area contributed by atoms with Gasteiger partial charge in [0.2, 0.25) is 10.0 Å². The lowest BCUT2D eigenvalue weighted by molar-refractivity contribution is 0.144. The van der Waals surface area contributed by atoms with Crippen LogP contribution in [0, 0.1) is 18.6 Å². The van der Waals surface area contributed by atoms with Crippen LogP contribution in [0.1, 0.15) is 48.3 Å². The molecule has 10 nitrogen and oxygen atoms in total. The highest BCUT2D eigenvalue weighted by Crippen LogP contribution is 2.25. The normalized spacial score (nSPS) is 15.7. The average molecular weight is 597 g/mol. The zero-order valence-corrected chi connectivity index (χ0v) is 25.5. The first-order valence-corrected chi connectivity index (χ1v) is 15.6. The molecule has 0 N–H and O–H groups in total. The van der Waals surface area contributed by atoms with E-state index >= 15 is 0 Å². The third kappa shape index (κ3) is 6.15. The van der Waals surface area contributed by atoms with Gasteiger partial charge >= 0.3 is 0 Å². The van der Waals surface area contributed by atoms with Crippen molar-refractivity contribution in [2.24, 2.45) is 0 Å². The molecule has 1 atom stereocenters. The third-order valence-corrected chi connectivity index (χ3v) is 10.1. The number of aromatic nitrogens is 4. The van der Waals surface area contributed by atoms with Gasteiger partial charge in [0, 0.05) is 26.2 Å². The average Bonchev–Trinajstić information content (AvgIpc) is 3.49. The summed E-state index contributed by atoms with van der Waals surface area (Å²) in [4.78, 5) is 2.32. The van der Waals surface area contributed by atoms with Gasteiger partial charge in [0.15, 0.2) is 16.4 Å². The number of piperazine rings is 1. The first-order valence-electron chi connectivity index (χ1n) is 13.8. The molecule has 1 aliphatic heterocycles. The van der Waals surface area contributed by atoms with Gasteiger partial charge in [0.1, 0.15) is 22.9 Å². The molecule has 218 valence electrons. The standard InChI is InChI=1S/C29H36N6O4S2/c1-5-24-11-13-26(14-12-24)38-19-27-30-34(29(40)35(27)22(3)25-9-7-6-8-10-25)20-32-15-17-33(18-16-32)41(36,37)28-21(2)31-39-23(28)4/h6-14,22H,5,15-20H2,1-4H3/t22-/m0/s1. The molecule has 0 radical (unpaired) electrons. The molecule has 1 saturated heterocycles. The zero-order chi connectivity index (χ0) is 29.1. The Kier molecular flexibility index (Phi) is 8.74. The van der Waals surface area contributed by atoms with Crippen LogP contribution >= 0.6 is 12.2 Å². The van der Waals surface area contributed by atoms with Crippen LogP contribution in [-0.4, -0.2) is 63.3 Å². The first-order chi connectivity index (χ1) is 19.7. The van der Waals surface area contributed by atoms with Gasteiger partial charge in [-0.2, -0.15) is 9.40 Å². The van der Waals surface area contributed by atoms with E-state index in [0.717, 1.165) is 23.6 Å². The second-order valence-electron chi connectivity index (χ2n) is 10.3. The van der Waals surface area contributed by atoms with Gasteiger partial charge in [-0.25, -0.2) is 13.1 Å². The van der Waals surface area contributed by atoms with Gasteiger partial charge in [-0.3, -0.25) is 9.47 Å². The van der Waals surface area contributed by atoms with Crippen molar-refractivity contribution in [2.75, 3.05) is 26.2 Å². The van der Waals surface area contributed by atoms with Gasteiger partial charge < -0.3 is 9.26 Å². The van der Waals surface area contributed by atoms with Crippen molar-refractivity contribution < 1.29 is 17.7 Å². The van der Waals surface area contributed by atoms with Crippen LogP contribution in [-0.2, 0) is 29.7 Å². The Morgan fingerprint density at radius 3 is 2.32 bits per heavy atom. The molecule has 0 aliphatic carbocycles. The minimum absolute atomic E-state index is 0.0458. The summed E-state index contributed by atoms with van der Waals surface area (Å²) in [5.74, 6) is 1.81. The van der Waals surface area contributed by atoms with Crippen LogP contribution in [0.15, 0.2) is 64.0 Å². The van der Waals surface area contributed by atoms with Crippen molar-refractivity contribution in [3.63, 3.8) is 0 Å². The molecule has 12 heteroatoms. The van der Waals surface area contributed by atoms with Crippen molar-refractivity contribution in [1.29, 1.82) is 0 Å². The van der Waals surface area contributed by atoms with E-state index in [9.17, 15) is 8.42 Å². The van der Waals surface area contributed by atoms with Crippen LogP contribution < -0.4 is 4.74 Å². The number of aryl methyl sites for hydroxylation is 3. The molecular formula is C29H36N6O4S2. The maximum atomic E-state index is 13.2. The highest BCUT2D eigenvalue weighted by molar-refractivity contribution is 7.89. The molecule has 1 fully saturated rings. The van der Waals surface area contributed by atoms with E-state index in [1.54, 1.807) is 13.8 Å². The lowest BCUT2D eigenvalue weighted by atomic mass is 10.1. The van der Waals surface area contributed by atoms with Gasteiger partial charge in [0.05, 0.1) is 12.7 Å². The monoisotopic (exact) mass is 596 g/mol. The maximum absolute atomic E-state index is 13.2. The van der Waals surface area contributed by atoms with E-state index < -0.39 is 10.0 Å². The van der Waals surface area contributed by atoms with Gasteiger partial charge in [-0.15, -0.1) is 0 Å². The predicted octanol–water partition coefficient (Wildman–Crippen LogP) is 4.73. The molecule has 41 heavy (non-hydrogen) atoms. The fourth-order valence-electron chi connectivity index (χ4n) is 5.17. The van der Waals surface area contributed by atoms with E-state index in [1.807, 2.05) is 39.6 Å². The van der Waals surface area contributed by atoms with Crippen LogP contribution in [0.25, 0.3) is 0 Å². The van der Waals surface area contributed by atoms with E-state index in [-0.39, 0.29) is 17.5 Å². The van der Waals surface area contributed by atoms with Crippen molar-refractivity contribution in [3.05, 3.63) is 87.8 Å². The number of rotatable bonds is 10. The lowest BCUT2D eigenvalue weighted by Gasteiger charge is -2.33. The summed E-state index contributed by atoms with van der Waals surface area (Å²) in [6, 6.07) is 18.2. The Balaban J connectivity index is 1.34. The molecule has 4 aromatic rings. The topological polar surface area (TPSA) is 98.6 Å². The smallest absolute Gasteiger partial charge is 0.248 e. The van der Waals surface area contributed by atoms with E-state index in [2.05, 4.69) is 48.2 Å². The number of benzene rings is 2. The molecule has 2 aromatic carbocycles. The summed E-state index contributed by atoms with van der Waals surface area (Å²) in [6.45, 7) is 10.0. The van der Waals surface area contributed by atoms with E-state index in [1.165, 1.54) is 9.87 Å². The Labute approximate surface area is 246 Å². The third-order valence-electron chi connectivity index (χ3n) is 7.54. The lowest BCUT2D eigenvalue weighted by Crippen LogP contribution is -2.49. The van der Waals surface area contributed by atoms with Gasteiger partial charge in [0.25, 0.3) is 0 Å². The second-order valence-corrected chi connectivity index (χ2v) is 12.5. The quantitative estimate of drug-likeness (QED) is 0.242. The molecule has 0 saturated carbocycles. The van der Waals surface area contributed by atoms with Gasteiger partial charge in [-0.05, 0) is 62.7 Å². The largest absolute Gasteiger partial charge is 0.486 e. The summed E-state index contributed by atoms with van der Waals surface area (Å²) in [5.41, 5.74) is 2.75. The van der Waals surface area contributed by atoms with Crippen LogP contribution in [0.3, 0.4) is 0 Å². The molecule has 1 aliphatic rings. The van der Waals surface area contributed by atoms with Crippen molar-refractivity contribution in [3.8, 4) is 5.75 Å². The Morgan fingerprint density at radius 1 is 1.02 bits per heavy atom. The number of ether oxygens (including phenoxy) is 1. The fraction of sp³-hybridized carbons (Fsp3) is 0.414. The molecular weight excluding hydrogens is 560 g/mol. The molecule has 0 unspecified atom stereocenters. The van der Waals surface area contributed by atoms with Crippen molar-refractivity contribution in [1.82, 2.24) is 28.7 Å². The van der Waals surface area contributed by atoms with Crippen molar-refractivity contribution in [2.45, 2.75) is 58.3 Å². The zero-order valence-electron chi connectivity index (χ0n) is 23.9. The Morgan fingerprint density at radius 2 is 1.71 bits per heavy atom. The van der Waals surface area contributed by atoms with E-state index in [0.29, 0.717) is 49.1 Å².